The molecule has 0 spiro atoms. The van der Waals surface area contributed by atoms with Crippen LogP contribution in [0.4, 0.5) is 5.82 Å². The monoisotopic (exact) mass is 316 g/mol. The summed E-state index contributed by atoms with van der Waals surface area (Å²) in [6.45, 7) is 2.57. The molecular weight excluding hydrogens is 300 g/mol. The number of aromatic nitrogens is 2. The van der Waals surface area contributed by atoms with Crippen molar-refractivity contribution in [1.82, 2.24) is 9.97 Å². The van der Waals surface area contributed by atoms with E-state index in [-0.39, 0.29) is 11.6 Å². The number of hydrogen-bond donors (Lipinski definition) is 1. The number of pyridine rings is 1. The van der Waals surface area contributed by atoms with Gasteiger partial charge in [0.2, 0.25) is 0 Å². The van der Waals surface area contributed by atoms with E-state index in [9.17, 15) is 9.59 Å². The summed E-state index contributed by atoms with van der Waals surface area (Å²) in [6, 6.07) is 3.42. The summed E-state index contributed by atoms with van der Waals surface area (Å²) in [4.78, 5) is 34.2. The topological polar surface area (TPSA) is 89.2 Å². The minimum Gasteiger partial charge on any atom is -0.364 e. The maximum absolute atomic E-state index is 12.7. The Morgan fingerprint density at radius 2 is 2.14 bits per heavy atom. The largest absolute Gasteiger partial charge is 0.364 e. The third kappa shape index (κ3) is 2.59. The van der Waals surface area contributed by atoms with Crippen molar-refractivity contribution in [1.29, 1.82) is 0 Å². The molecule has 2 aromatic heterocycles. The Balaban J connectivity index is 1.97. The summed E-state index contributed by atoms with van der Waals surface area (Å²) in [6.07, 6.45) is 2.50. The maximum atomic E-state index is 12.7. The minimum absolute atomic E-state index is 0.172. The zero-order valence-corrected chi connectivity index (χ0v) is 13.0. The quantitative estimate of drug-likeness (QED) is 0.935. The average Bonchev–Trinajstić information content (AvgIpc) is 3.02. The van der Waals surface area contributed by atoms with Crippen LogP contribution in [0, 0.1) is 0 Å². The Labute approximate surface area is 132 Å². The first-order valence-electron chi connectivity index (χ1n) is 7.16. The molecule has 0 radical (unpaired) electrons. The van der Waals surface area contributed by atoms with Crippen LogP contribution in [0.3, 0.4) is 0 Å². The fourth-order valence-electron chi connectivity index (χ4n) is 2.48. The third-order valence-electron chi connectivity index (χ3n) is 3.61. The van der Waals surface area contributed by atoms with Crippen LogP contribution in [-0.2, 0) is 12.8 Å². The number of nitrogens with zero attached hydrogens (tertiary/aromatic N) is 3. The standard InChI is InChI=1S/C15H16N4O2S/c1-2-12-17-11(8-22-12)15(21)19-7-3-4-9-5-6-10(13(16)20)18-14(9)19/h5-6,8H,2-4,7H2,1H3,(H2,16,20). The van der Waals surface area contributed by atoms with Gasteiger partial charge in [0.1, 0.15) is 17.2 Å². The number of rotatable bonds is 3. The molecule has 0 atom stereocenters. The van der Waals surface area contributed by atoms with E-state index in [2.05, 4.69) is 9.97 Å². The first kappa shape index (κ1) is 14.6. The van der Waals surface area contributed by atoms with Crippen molar-refractivity contribution in [2.45, 2.75) is 26.2 Å². The molecule has 0 saturated carbocycles. The molecule has 0 aromatic carbocycles. The molecule has 2 amide bonds. The number of fused-ring (bicyclic) bond motifs is 1. The fourth-order valence-corrected chi connectivity index (χ4v) is 3.20. The van der Waals surface area contributed by atoms with Crippen LogP contribution in [0.5, 0.6) is 0 Å². The fraction of sp³-hybridized carbons (Fsp3) is 0.333. The molecule has 0 aliphatic carbocycles. The van der Waals surface area contributed by atoms with Crippen molar-refractivity contribution in [3.63, 3.8) is 0 Å². The van der Waals surface area contributed by atoms with Crippen LogP contribution >= 0.6 is 11.3 Å². The van der Waals surface area contributed by atoms with Crippen LogP contribution in [0.1, 0.15) is 44.9 Å². The van der Waals surface area contributed by atoms with E-state index in [4.69, 9.17) is 5.73 Å². The predicted molar refractivity (Wildman–Crippen MR) is 84.2 cm³/mol. The zero-order chi connectivity index (χ0) is 15.7. The van der Waals surface area contributed by atoms with Gasteiger partial charge in [-0.15, -0.1) is 11.3 Å². The lowest BCUT2D eigenvalue weighted by Gasteiger charge is -2.27. The molecule has 7 heteroatoms. The highest BCUT2D eigenvalue weighted by atomic mass is 32.1. The van der Waals surface area contributed by atoms with E-state index < -0.39 is 5.91 Å². The Hall–Kier alpha value is -2.28. The predicted octanol–water partition coefficient (Wildman–Crippen LogP) is 1.79. The van der Waals surface area contributed by atoms with E-state index in [0.29, 0.717) is 18.1 Å². The first-order chi connectivity index (χ1) is 10.6. The summed E-state index contributed by atoms with van der Waals surface area (Å²) in [5, 5.41) is 2.70. The normalized spacial score (nSPS) is 13.8. The molecule has 2 N–H and O–H groups in total. The highest BCUT2D eigenvalue weighted by Crippen LogP contribution is 2.27. The van der Waals surface area contributed by atoms with Gasteiger partial charge in [-0.1, -0.05) is 13.0 Å². The second kappa shape index (κ2) is 5.84. The maximum Gasteiger partial charge on any atom is 0.278 e. The number of hydrogen-bond acceptors (Lipinski definition) is 5. The number of carbonyl (C=O) groups is 2. The first-order valence-corrected chi connectivity index (χ1v) is 8.04. The molecule has 0 bridgehead atoms. The van der Waals surface area contributed by atoms with E-state index in [0.717, 1.165) is 29.8 Å². The minimum atomic E-state index is -0.595. The summed E-state index contributed by atoms with van der Waals surface area (Å²) in [5.74, 6) is -0.243. The Morgan fingerprint density at radius 1 is 1.32 bits per heavy atom. The van der Waals surface area contributed by atoms with Crippen molar-refractivity contribution in [2.24, 2.45) is 5.73 Å². The van der Waals surface area contributed by atoms with Gasteiger partial charge in [-0.3, -0.25) is 14.5 Å². The third-order valence-corrected chi connectivity index (χ3v) is 4.60. The molecule has 0 fully saturated rings. The number of primary amides is 1. The Kier molecular flexibility index (Phi) is 3.89. The summed E-state index contributed by atoms with van der Waals surface area (Å²) < 4.78 is 0. The van der Waals surface area contributed by atoms with Crippen molar-refractivity contribution in [3.05, 3.63) is 39.5 Å². The summed E-state index contributed by atoms with van der Waals surface area (Å²) in [5.41, 5.74) is 6.84. The van der Waals surface area contributed by atoms with Gasteiger partial charge < -0.3 is 5.73 Å². The van der Waals surface area contributed by atoms with Crippen LogP contribution in [-0.4, -0.2) is 28.3 Å². The van der Waals surface area contributed by atoms with E-state index >= 15 is 0 Å². The molecule has 3 heterocycles. The van der Waals surface area contributed by atoms with Gasteiger partial charge in [0.25, 0.3) is 11.8 Å². The number of anilines is 1. The number of aryl methyl sites for hydroxylation is 2. The van der Waals surface area contributed by atoms with Crippen LogP contribution < -0.4 is 10.6 Å². The van der Waals surface area contributed by atoms with Crippen molar-refractivity contribution >= 4 is 29.0 Å². The van der Waals surface area contributed by atoms with Gasteiger partial charge in [-0.2, -0.15) is 0 Å². The second-order valence-corrected chi connectivity index (χ2v) is 6.03. The lowest BCUT2D eigenvalue weighted by molar-refractivity contribution is 0.0972. The van der Waals surface area contributed by atoms with Crippen molar-refractivity contribution < 1.29 is 9.59 Å². The molecule has 0 unspecified atom stereocenters. The molecule has 2 aromatic rings. The van der Waals surface area contributed by atoms with Crippen LogP contribution in [0.25, 0.3) is 0 Å². The molecule has 1 aliphatic heterocycles. The molecule has 6 nitrogen and oxygen atoms in total. The summed E-state index contributed by atoms with van der Waals surface area (Å²) >= 11 is 1.48. The van der Waals surface area contributed by atoms with Gasteiger partial charge in [-0.05, 0) is 30.9 Å². The molecule has 22 heavy (non-hydrogen) atoms. The molecule has 1 aliphatic rings. The Morgan fingerprint density at radius 3 is 2.82 bits per heavy atom. The van der Waals surface area contributed by atoms with E-state index in [1.807, 2.05) is 13.0 Å². The van der Waals surface area contributed by atoms with Crippen LogP contribution in [0.15, 0.2) is 17.5 Å². The van der Waals surface area contributed by atoms with Gasteiger partial charge >= 0.3 is 0 Å². The van der Waals surface area contributed by atoms with Crippen LogP contribution in [0.2, 0.25) is 0 Å². The summed E-state index contributed by atoms with van der Waals surface area (Å²) in [7, 11) is 0. The van der Waals surface area contributed by atoms with Gasteiger partial charge in [-0.25, -0.2) is 9.97 Å². The van der Waals surface area contributed by atoms with Crippen molar-refractivity contribution in [2.75, 3.05) is 11.4 Å². The lowest BCUT2D eigenvalue weighted by Crippen LogP contribution is -2.37. The van der Waals surface area contributed by atoms with Gasteiger partial charge in [0.05, 0.1) is 5.01 Å². The number of carbonyl (C=O) groups excluding carboxylic acids is 2. The number of nitrogens with two attached hydrogens (primary N) is 1. The molecule has 3 rings (SSSR count). The molecule has 0 saturated heterocycles. The van der Waals surface area contributed by atoms with Crippen molar-refractivity contribution in [3.8, 4) is 0 Å². The average molecular weight is 316 g/mol. The highest BCUT2D eigenvalue weighted by Gasteiger charge is 2.27. The molecule has 114 valence electrons. The Bertz CT molecular complexity index is 741. The SMILES string of the molecule is CCc1nc(C(=O)N2CCCc3ccc(C(N)=O)nc32)cs1. The highest BCUT2D eigenvalue weighted by molar-refractivity contribution is 7.09. The van der Waals surface area contributed by atoms with E-state index in [1.165, 1.54) is 11.3 Å². The zero-order valence-electron chi connectivity index (χ0n) is 12.2. The number of thiazole rings is 1. The number of amides is 2. The second-order valence-electron chi connectivity index (χ2n) is 5.08. The smallest absolute Gasteiger partial charge is 0.278 e. The van der Waals surface area contributed by atoms with E-state index in [1.54, 1.807) is 16.3 Å². The molecular formula is C15H16N4O2S. The van der Waals surface area contributed by atoms with Gasteiger partial charge in [0, 0.05) is 11.9 Å². The lowest BCUT2D eigenvalue weighted by atomic mass is 10.0. The van der Waals surface area contributed by atoms with Gasteiger partial charge in [0.15, 0.2) is 0 Å².